The van der Waals surface area contributed by atoms with E-state index < -0.39 is 9.84 Å². The van der Waals surface area contributed by atoms with E-state index in [4.69, 9.17) is 5.73 Å². The third kappa shape index (κ3) is 4.66. The molecule has 6 heteroatoms. The number of nitrogens with two attached hydrogens (primary N) is 1. The Hall–Kier alpha value is -0.460. The maximum Gasteiger partial charge on any atom is 0.150 e. The van der Waals surface area contributed by atoms with Crippen molar-refractivity contribution < 1.29 is 12.8 Å². The van der Waals surface area contributed by atoms with Crippen molar-refractivity contribution in [2.75, 3.05) is 11.5 Å². The molecule has 18 heavy (non-hydrogen) atoms. The van der Waals surface area contributed by atoms with Crippen molar-refractivity contribution in [3.63, 3.8) is 0 Å². The zero-order valence-corrected chi connectivity index (χ0v) is 12.6. The fraction of sp³-hybridized carbons (Fsp3) is 0.500. The minimum absolute atomic E-state index is 0.149. The zero-order chi connectivity index (χ0) is 13.8. The monoisotopic (exact) mass is 337 g/mol. The molecule has 0 fully saturated rings. The molecule has 0 aliphatic heterocycles. The summed E-state index contributed by atoms with van der Waals surface area (Å²) in [6.07, 6.45) is 1.07. The lowest BCUT2D eigenvalue weighted by Crippen LogP contribution is -2.14. The van der Waals surface area contributed by atoms with E-state index in [0.717, 1.165) is 5.56 Å². The average molecular weight is 338 g/mol. The molecule has 0 spiro atoms. The van der Waals surface area contributed by atoms with E-state index in [0.29, 0.717) is 17.3 Å². The van der Waals surface area contributed by atoms with Gasteiger partial charge in [-0.05, 0) is 30.5 Å². The zero-order valence-electron chi connectivity index (χ0n) is 10.2. The van der Waals surface area contributed by atoms with Crippen molar-refractivity contribution in [1.29, 1.82) is 0 Å². The fourth-order valence-electron chi connectivity index (χ4n) is 1.63. The number of benzene rings is 1. The summed E-state index contributed by atoms with van der Waals surface area (Å²) in [7, 11) is -2.94. The van der Waals surface area contributed by atoms with Gasteiger partial charge in [0.2, 0.25) is 0 Å². The number of sulfone groups is 1. The molecule has 2 N–H and O–H groups in total. The average Bonchev–Trinajstić information content (AvgIpc) is 2.28. The summed E-state index contributed by atoms with van der Waals surface area (Å²) >= 11 is 3.25. The molecule has 0 aliphatic carbocycles. The molecule has 102 valence electrons. The molecule has 1 unspecified atom stereocenters. The third-order valence-electron chi connectivity index (χ3n) is 2.77. The van der Waals surface area contributed by atoms with Crippen LogP contribution in [0, 0.1) is 5.82 Å². The molecule has 1 atom stereocenters. The Morgan fingerprint density at radius 2 is 2.11 bits per heavy atom. The van der Waals surface area contributed by atoms with Crippen LogP contribution in [0.15, 0.2) is 22.7 Å². The normalized spacial score (nSPS) is 13.6. The number of hydrogen-bond donors (Lipinski definition) is 1. The van der Waals surface area contributed by atoms with Gasteiger partial charge in [-0.1, -0.05) is 28.9 Å². The summed E-state index contributed by atoms with van der Waals surface area (Å²) in [6.45, 7) is 1.63. The Morgan fingerprint density at radius 1 is 1.44 bits per heavy atom. The van der Waals surface area contributed by atoms with E-state index in [-0.39, 0.29) is 23.4 Å². The van der Waals surface area contributed by atoms with E-state index in [9.17, 15) is 12.8 Å². The summed E-state index contributed by atoms with van der Waals surface area (Å²) in [5, 5.41) is 0. The van der Waals surface area contributed by atoms with Crippen LogP contribution in [0.4, 0.5) is 4.39 Å². The van der Waals surface area contributed by atoms with Crippen LogP contribution >= 0.6 is 15.9 Å². The van der Waals surface area contributed by atoms with Gasteiger partial charge in [0, 0.05) is 16.3 Å². The van der Waals surface area contributed by atoms with E-state index in [1.54, 1.807) is 13.0 Å². The van der Waals surface area contributed by atoms with Crippen molar-refractivity contribution >= 4 is 25.8 Å². The smallest absolute Gasteiger partial charge is 0.150 e. The van der Waals surface area contributed by atoms with Gasteiger partial charge >= 0.3 is 0 Å². The molecule has 0 aliphatic rings. The number of hydrogen-bond acceptors (Lipinski definition) is 3. The molecule has 0 aromatic heterocycles. The SMILES string of the molecule is CCS(=O)(=O)CCCC(N)c1ccc(F)cc1Br. The highest BCUT2D eigenvalue weighted by Crippen LogP contribution is 2.25. The lowest BCUT2D eigenvalue weighted by atomic mass is 10.0. The molecule has 0 heterocycles. The Bertz CT molecular complexity index is 505. The molecule has 1 rings (SSSR count). The topological polar surface area (TPSA) is 60.2 Å². The maximum absolute atomic E-state index is 12.9. The highest BCUT2D eigenvalue weighted by Gasteiger charge is 2.13. The fourth-order valence-corrected chi connectivity index (χ4v) is 3.17. The molecular weight excluding hydrogens is 321 g/mol. The molecule has 0 bridgehead atoms. The molecule has 0 saturated carbocycles. The van der Waals surface area contributed by atoms with E-state index in [1.165, 1.54) is 12.1 Å². The lowest BCUT2D eigenvalue weighted by molar-refractivity contribution is 0.582. The minimum atomic E-state index is -2.94. The first-order valence-electron chi connectivity index (χ1n) is 5.76. The van der Waals surface area contributed by atoms with Crippen molar-refractivity contribution in [1.82, 2.24) is 0 Å². The Morgan fingerprint density at radius 3 is 2.67 bits per heavy atom. The first kappa shape index (κ1) is 15.6. The Kier molecular flexibility index (Phi) is 5.75. The van der Waals surface area contributed by atoms with Crippen molar-refractivity contribution in [2.45, 2.75) is 25.8 Å². The van der Waals surface area contributed by atoms with E-state index >= 15 is 0 Å². The van der Waals surface area contributed by atoms with Crippen LogP contribution in [0.25, 0.3) is 0 Å². The Balaban J connectivity index is 2.58. The second-order valence-corrected chi connectivity index (χ2v) is 7.48. The first-order chi connectivity index (χ1) is 8.35. The van der Waals surface area contributed by atoms with Crippen LogP contribution < -0.4 is 5.73 Å². The van der Waals surface area contributed by atoms with Gasteiger partial charge in [0.25, 0.3) is 0 Å². The third-order valence-corrected chi connectivity index (χ3v) is 5.25. The van der Waals surface area contributed by atoms with E-state index in [1.807, 2.05) is 0 Å². The molecule has 1 aromatic rings. The molecule has 0 amide bonds. The second kappa shape index (κ2) is 6.63. The predicted octanol–water partition coefficient (Wildman–Crippen LogP) is 2.80. The molecule has 0 radical (unpaired) electrons. The summed E-state index contributed by atoms with van der Waals surface area (Å²) in [4.78, 5) is 0. The van der Waals surface area contributed by atoms with Gasteiger partial charge in [0.1, 0.15) is 15.7 Å². The molecule has 1 aromatic carbocycles. The van der Waals surface area contributed by atoms with Crippen molar-refractivity contribution in [3.05, 3.63) is 34.1 Å². The van der Waals surface area contributed by atoms with Gasteiger partial charge in [-0.2, -0.15) is 0 Å². The summed E-state index contributed by atoms with van der Waals surface area (Å²) in [5.41, 5.74) is 6.77. The molecule has 0 saturated heterocycles. The maximum atomic E-state index is 12.9. The van der Waals surface area contributed by atoms with Gasteiger partial charge in [0.05, 0.1) is 5.75 Å². The van der Waals surface area contributed by atoms with Crippen LogP contribution in [0.1, 0.15) is 31.4 Å². The highest BCUT2D eigenvalue weighted by atomic mass is 79.9. The number of halogens is 2. The highest BCUT2D eigenvalue weighted by molar-refractivity contribution is 9.10. The molecule has 3 nitrogen and oxygen atoms in total. The molecular formula is C12H17BrFNO2S. The summed E-state index contributed by atoms with van der Waals surface area (Å²) < 4.78 is 36.2. The van der Waals surface area contributed by atoms with Crippen LogP contribution in [0.3, 0.4) is 0 Å². The summed E-state index contributed by atoms with van der Waals surface area (Å²) in [6, 6.07) is 4.05. The van der Waals surface area contributed by atoms with Crippen molar-refractivity contribution in [3.8, 4) is 0 Å². The Labute approximate surface area is 116 Å². The van der Waals surface area contributed by atoms with Crippen LogP contribution in [0.2, 0.25) is 0 Å². The van der Waals surface area contributed by atoms with Gasteiger partial charge in [0.15, 0.2) is 0 Å². The van der Waals surface area contributed by atoms with E-state index in [2.05, 4.69) is 15.9 Å². The standard InChI is InChI=1S/C12H17BrFNO2S/c1-2-18(16,17)7-3-4-12(15)10-6-5-9(14)8-11(10)13/h5-6,8,12H,2-4,7,15H2,1H3. The quantitative estimate of drug-likeness (QED) is 0.868. The van der Waals surface area contributed by atoms with Gasteiger partial charge in [-0.15, -0.1) is 0 Å². The summed E-state index contributed by atoms with van der Waals surface area (Å²) in [5.74, 6) is -0.0234. The lowest BCUT2D eigenvalue weighted by Gasteiger charge is -2.13. The van der Waals surface area contributed by atoms with Crippen LogP contribution in [-0.4, -0.2) is 19.9 Å². The van der Waals surface area contributed by atoms with Gasteiger partial charge in [-0.25, -0.2) is 12.8 Å². The van der Waals surface area contributed by atoms with Crippen LogP contribution in [0.5, 0.6) is 0 Å². The van der Waals surface area contributed by atoms with Gasteiger partial charge < -0.3 is 5.73 Å². The largest absolute Gasteiger partial charge is 0.324 e. The van der Waals surface area contributed by atoms with Gasteiger partial charge in [-0.3, -0.25) is 0 Å². The predicted molar refractivity (Wildman–Crippen MR) is 74.6 cm³/mol. The van der Waals surface area contributed by atoms with Crippen molar-refractivity contribution in [2.24, 2.45) is 5.73 Å². The second-order valence-electron chi connectivity index (χ2n) is 4.15. The van der Waals surface area contributed by atoms with Crippen LogP contribution in [-0.2, 0) is 9.84 Å². The number of rotatable bonds is 6. The first-order valence-corrected chi connectivity index (χ1v) is 8.38. The minimum Gasteiger partial charge on any atom is -0.324 e.